The molecule has 4 aromatic rings. The minimum Gasteiger partial charge on any atom is -0.491 e. The van der Waals surface area contributed by atoms with Gasteiger partial charge in [0.05, 0.1) is 17.1 Å². The van der Waals surface area contributed by atoms with E-state index in [1.807, 2.05) is 60.7 Å². The maximum absolute atomic E-state index is 13.0. The van der Waals surface area contributed by atoms with Gasteiger partial charge in [-0.1, -0.05) is 54.6 Å². The van der Waals surface area contributed by atoms with Crippen LogP contribution < -0.4 is 9.04 Å². The van der Waals surface area contributed by atoms with Gasteiger partial charge in [0.15, 0.2) is 0 Å². The molecule has 1 aliphatic rings. The van der Waals surface area contributed by atoms with E-state index in [2.05, 4.69) is 0 Å². The molecule has 1 aliphatic heterocycles. The fourth-order valence-electron chi connectivity index (χ4n) is 3.85. The second kappa shape index (κ2) is 6.76. The Kier molecular flexibility index (Phi) is 4.19. The van der Waals surface area contributed by atoms with Crippen LogP contribution in [0.25, 0.3) is 21.5 Å². The summed E-state index contributed by atoms with van der Waals surface area (Å²) in [5, 5.41) is 14.2. The molecular weight excluding hydrogens is 386 g/mol. The second-order valence-corrected chi connectivity index (χ2v) is 8.97. The normalized spacial score (nSPS) is 15.7. The van der Waals surface area contributed by atoms with E-state index < -0.39 is 16.1 Å². The number of hydrogen-bond acceptors (Lipinski definition) is 4. The third-order valence-electron chi connectivity index (χ3n) is 5.22. The van der Waals surface area contributed by atoms with E-state index in [9.17, 15) is 13.5 Å². The largest absolute Gasteiger partial charge is 0.491 e. The highest BCUT2D eigenvalue weighted by Gasteiger charge is 2.36. The summed E-state index contributed by atoms with van der Waals surface area (Å²) in [6, 6.07) is 24.4. The summed E-state index contributed by atoms with van der Waals surface area (Å²) in [5.74, 6) is 0.636. The van der Waals surface area contributed by atoms with Crippen molar-refractivity contribution in [2.24, 2.45) is 0 Å². The molecule has 5 rings (SSSR count). The van der Waals surface area contributed by atoms with Crippen molar-refractivity contribution >= 4 is 37.3 Å². The number of anilines is 1. The number of β-amino-alcohol motifs (C(OH)–C–C–N with tert-alkyl or cyclic N) is 1. The summed E-state index contributed by atoms with van der Waals surface area (Å²) in [6.07, 6.45) is -0.971. The monoisotopic (exact) mass is 405 g/mol. The zero-order chi connectivity index (χ0) is 20.0. The number of rotatable bonds is 5. The molecule has 6 heteroatoms. The van der Waals surface area contributed by atoms with Crippen molar-refractivity contribution in [1.82, 2.24) is 0 Å². The lowest BCUT2D eigenvalue weighted by molar-refractivity contribution is 0.115. The van der Waals surface area contributed by atoms with Gasteiger partial charge in [-0.25, -0.2) is 8.42 Å². The predicted molar refractivity (Wildman–Crippen MR) is 114 cm³/mol. The minimum absolute atomic E-state index is 0.00329. The summed E-state index contributed by atoms with van der Waals surface area (Å²) < 4.78 is 33.0. The first-order valence-electron chi connectivity index (χ1n) is 9.38. The fraction of sp³-hybridized carbons (Fsp3) is 0.130. The van der Waals surface area contributed by atoms with E-state index >= 15 is 0 Å². The molecule has 1 N–H and O–H groups in total. The Morgan fingerprint density at radius 1 is 0.862 bits per heavy atom. The van der Waals surface area contributed by atoms with Crippen molar-refractivity contribution in [2.75, 3.05) is 17.5 Å². The van der Waals surface area contributed by atoms with Crippen LogP contribution in [0.1, 0.15) is 0 Å². The second-order valence-electron chi connectivity index (χ2n) is 7.14. The van der Waals surface area contributed by atoms with Crippen molar-refractivity contribution in [3.63, 3.8) is 0 Å². The van der Waals surface area contributed by atoms with Gasteiger partial charge in [-0.15, -0.1) is 0 Å². The Morgan fingerprint density at radius 2 is 1.59 bits per heavy atom. The molecule has 0 saturated heterocycles. The molecule has 29 heavy (non-hydrogen) atoms. The quantitative estimate of drug-likeness (QED) is 0.546. The molecule has 1 unspecified atom stereocenters. The molecule has 1 atom stereocenters. The molecule has 0 spiro atoms. The first kappa shape index (κ1) is 18.0. The summed E-state index contributed by atoms with van der Waals surface area (Å²) >= 11 is 0. The lowest BCUT2D eigenvalue weighted by Gasteiger charge is -2.22. The van der Waals surface area contributed by atoms with E-state index in [1.165, 1.54) is 4.31 Å². The molecule has 0 bridgehead atoms. The standard InChI is InChI=1S/C23H19NO4S/c25-19(15-28-20-12-11-16-5-1-2-6-18(16)13-20)14-24-21-9-3-7-17-8-4-10-22(23(17)21)29(24,26)27/h1-13,19,25H,14-15H2. The van der Waals surface area contributed by atoms with E-state index in [-0.39, 0.29) is 18.0 Å². The SMILES string of the molecule is O=S1(=O)c2cccc3cccc(c23)N1CC(O)COc1ccc2ccccc2c1. The number of hydrogen-bond donors (Lipinski definition) is 1. The summed E-state index contributed by atoms with van der Waals surface area (Å²) in [6.45, 7) is -0.0691. The number of aliphatic hydroxyl groups is 1. The smallest absolute Gasteiger partial charge is 0.265 e. The molecule has 0 aliphatic carbocycles. The Morgan fingerprint density at radius 3 is 2.41 bits per heavy atom. The van der Waals surface area contributed by atoms with E-state index in [0.717, 1.165) is 16.2 Å². The average Bonchev–Trinajstić information content (AvgIpc) is 2.95. The number of nitrogens with zero attached hydrogens (tertiary/aromatic N) is 1. The highest BCUT2D eigenvalue weighted by atomic mass is 32.2. The van der Waals surface area contributed by atoms with Crippen LogP contribution in [-0.4, -0.2) is 32.8 Å². The van der Waals surface area contributed by atoms with Crippen LogP contribution in [-0.2, 0) is 10.0 Å². The van der Waals surface area contributed by atoms with Gasteiger partial charge < -0.3 is 9.84 Å². The average molecular weight is 405 g/mol. The van der Waals surface area contributed by atoms with Crippen LogP contribution in [0.5, 0.6) is 5.75 Å². The van der Waals surface area contributed by atoms with Gasteiger partial charge in [-0.2, -0.15) is 0 Å². The zero-order valence-electron chi connectivity index (χ0n) is 15.5. The summed E-state index contributed by atoms with van der Waals surface area (Å²) in [7, 11) is -3.69. The van der Waals surface area contributed by atoms with Crippen molar-refractivity contribution in [3.8, 4) is 5.75 Å². The summed E-state index contributed by atoms with van der Waals surface area (Å²) in [4.78, 5) is 0.285. The molecule has 1 heterocycles. The van der Waals surface area contributed by atoms with Gasteiger partial charge in [0.1, 0.15) is 18.5 Å². The molecule has 0 fully saturated rings. The van der Waals surface area contributed by atoms with Crippen molar-refractivity contribution in [2.45, 2.75) is 11.0 Å². The minimum atomic E-state index is -3.69. The van der Waals surface area contributed by atoms with E-state index in [0.29, 0.717) is 16.8 Å². The van der Waals surface area contributed by atoms with Gasteiger partial charge >= 0.3 is 0 Å². The third kappa shape index (κ3) is 3.01. The molecule has 0 aromatic heterocycles. The van der Waals surface area contributed by atoms with Gasteiger partial charge in [0.25, 0.3) is 10.0 Å². The molecule has 0 saturated carbocycles. The maximum Gasteiger partial charge on any atom is 0.265 e. The Balaban J connectivity index is 1.35. The van der Waals surface area contributed by atoms with Gasteiger partial charge in [0.2, 0.25) is 0 Å². The summed E-state index contributed by atoms with van der Waals surface area (Å²) in [5.41, 5.74) is 0.600. The number of benzene rings is 4. The predicted octanol–water partition coefficient (Wildman–Crippen LogP) is 3.94. The molecule has 5 nitrogen and oxygen atoms in total. The van der Waals surface area contributed by atoms with Gasteiger partial charge in [0, 0.05) is 5.39 Å². The van der Waals surface area contributed by atoms with Crippen LogP contribution in [0.15, 0.2) is 83.8 Å². The lowest BCUT2D eigenvalue weighted by Crippen LogP contribution is -2.37. The van der Waals surface area contributed by atoms with Crippen LogP contribution in [0.3, 0.4) is 0 Å². The van der Waals surface area contributed by atoms with Crippen LogP contribution in [0.4, 0.5) is 5.69 Å². The molecular formula is C23H19NO4S. The van der Waals surface area contributed by atoms with E-state index in [1.54, 1.807) is 18.2 Å². The Labute approximate surface area is 168 Å². The third-order valence-corrected chi connectivity index (χ3v) is 7.04. The number of fused-ring (bicyclic) bond motifs is 1. The van der Waals surface area contributed by atoms with Crippen molar-refractivity contribution in [3.05, 3.63) is 78.9 Å². The van der Waals surface area contributed by atoms with Crippen LogP contribution >= 0.6 is 0 Å². The molecule has 4 aromatic carbocycles. The highest BCUT2D eigenvalue weighted by Crippen LogP contribution is 2.41. The van der Waals surface area contributed by atoms with Crippen molar-refractivity contribution in [1.29, 1.82) is 0 Å². The Bertz CT molecular complexity index is 1330. The highest BCUT2D eigenvalue weighted by molar-refractivity contribution is 7.93. The molecule has 0 amide bonds. The lowest BCUT2D eigenvalue weighted by atomic mass is 10.1. The van der Waals surface area contributed by atoms with Crippen LogP contribution in [0, 0.1) is 0 Å². The number of sulfonamides is 1. The zero-order valence-corrected chi connectivity index (χ0v) is 16.3. The topological polar surface area (TPSA) is 66.8 Å². The van der Waals surface area contributed by atoms with Gasteiger partial charge in [-0.3, -0.25) is 4.31 Å². The maximum atomic E-state index is 13.0. The van der Waals surface area contributed by atoms with Crippen LogP contribution in [0.2, 0.25) is 0 Å². The van der Waals surface area contributed by atoms with Crippen molar-refractivity contribution < 1.29 is 18.3 Å². The van der Waals surface area contributed by atoms with E-state index in [4.69, 9.17) is 4.74 Å². The fourth-order valence-corrected chi connectivity index (χ4v) is 5.60. The molecule has 0 radical (unpaired) electrons. The first-order valence-corrected chi connectivity index (χ1v) is 10.8. The number of aliphatic hydroxyl groups excluding tert-OH is 1. The number of ether oxygens (including phenoxy) is 1. The Hall–Kier alpha value is -3.09. The van der Waals surface area contributed by atoms with Gasteiger partial charge in [-0.05, 0) is 40.4 Å². The molecule has 146 valence electrons. The first-order chi connectivity index (χ1) is 14.0.